The second-order valence-electron chi connectivity index (χ2n) is 3.53. The van der Waals surface area contributed by atoms with Gasteiger partial charge in [0.15, 0.2) is 5.82 Å². The van der Waals surface area contributed by atoms with Gasteiger partial charge in [0.1, 0.15) is 6.33 Å². The summed E-state index contributed by atoms with van der Waals surface area (Å²) in [7, 11) is 1.65. The lowest BCUT2D eigenvalue weighted by atomic mass is 10.1. The normalized spacial score (nSPS) is 10.1. The molecule has 1 aromatic carbocycles. The molecule has 0 atom stereocenters. The van der Waals surface area contributed by atoms with Crippen molar-refractivity contribution in [1.82, 2.24) is 14.8 Å². The van der Waals surface area contributed by atoms with Crippen molar-refractivity contribution in [3.05, 3.63) is 36.2 Å². The third-order valence-corrected chi connectivity index (χ3v) is 2.40. The molecular weight excluding hydrogens is 216 g/mol. The van der Waals surface area contributed by atoms with Crippen molar-refractivity contribution >= 4 is 0 Å². The van der Waals surface area contributed by atoms with E-state index in [-0.39, 0.29) is 0 Å². The van der Waals surface area contributed by atoms with E-state index in [0.717, 1.165) is 11.4 Å². The maximum Gasteiger partial charge on any atom is 0.163 e. The summed E-state index contributed by atoms with van der Waals surface area (Å²) < 4.78 is 6.92. The summed E-state index contributed by atoms with van der Waals surface area (Å²) in [6, 6.07) is 9.42. The predicted molar refractivity (Wildman–Crippen MR) is 62.0 cm³/mol. The third kappa shape index (κ3) is 2.49. The van der Waals surface area contributed by atoms with Crippen LogP contribution >= 0.6 is 0 Å². The van der Waals surface area contributed by atoms with Gasteiger partial charge in [-0.05, 0) is 12.1 Å². The molecule has 0 saturated heterocycles. The van der Waals surface area contributed by atoms with Crippen LogP contribution in [0.15, 0.2) is 30.6 Å². The topological polar surface area (TPSA) is 63.7 Å². The quantitative estimate of drug-likeness (QED) is 0.794. The first kappa shape index (κ1) is 11.3. The summed E-state index contributed by atoms with van der Waals surface area (Å²) in [6.07, 6.45) is 1.66. The Morgan fingerprint density at radius 3 is 3.12 bits per heavy atom. The predicted octanol–water partition coefficient (Wildman–Crippen LogP) is 1.46. The van der Waals surface area contributed by atoms with Crippen LogP contribution in [0.25, 0.3) is 11.4 Å². The van der Waals surface area contributed by atoms with Crippen LogP contribution in [0.4, 0.5) is 0 Å². The zero-order valence-corrected chi connectivity index (χ0v) is 9.50. The van der Waals surface area contributed by atoms with Gasteiger partial charge in [0.25, 0.3) is 0 Å². The number of rotatable bonds is 4. The molecule has 86 valence electrons. The van der Waals surface area contributed by atoms with Gasteiger partial charge in [0.2, 0.25) is 0 Å². The molecule has 0 unspecified atom stereocenters. The monoisotopic (exact) mass is 228 g/mol. The smallest absolute Gasteiger partial charge is 0.163 e. The minimum absolute atomic E-state index is 0.600. The lowest BCUT2D eigenvalue weighted by Crippen LogP contribution is -2.04. The van der Waals surface area contributed by atoms with E-state index in [1.54, 1.807) is 25.6 Å². The fourth-order valence-corrected chi connectivity index (χ4v) is 1.56. The molecule has 2 rings (SSSR count). The Bertz CT molecular complexity index is 541. The highest BCUT2D eigenvalue weighted by atomic mass is 16.5. The first-order valence-electron chi connectivity index (χ1n) is 5.22. The van der Waals surface area contributed by atoms with Crippen LogP contribution < -0.4 is 0 Å². The number of nitrogens with zero attached hydrogens (tertiary/aromatic N) is 4. The molecule has 5 heteroatoms. The zero-order chi connectivity index (χ0) is 12.1. The largest absolute Gasteiger partial charge is 0.383 e. The van der Waals surface area contributed by atoms with Crippen molar-refractivity contribution < 1.29 is 4.74 Å². The third-order valence-electron chi connectivity index (χ3n) is 2.40. The molecule has 1 aromatic heterocycles. The first-order chi connectivity index (χ1) is 8.35. The number of hydrogen-bond donors (Lipinski definition) is 0. The Morgan fingerprint density at radius 1 is 1.47 bits per heavy atom. The fraction of sp³-hybridized carbons (Fsp3) is 0.250. The Balaban J connectivity index is 2.33. The molecule has 17 heavy (non-hydrogen) atoms. The second-order valence-corrected chi connectivity index (χ2v) is 3.53. The number of aromatic nitrogens is 3. The molecule has 0 N–H and O–H groups in total. The molecule has 0 aliphatic carbocycles. The summed E-state index contributed by atoms with van der Waals surface area (Å²) >= 11 is 0. The van der Waals surface area contributed by atoms with Crippen LogP contribution in [0, 0.1) is 11.3 Å². The van der Waals surface area contributed by atoms with Crippen molar-refractivity contribution in [3.8, 4) is 17.5 Å². The fourth-order valence-electron chi connectivity index (χ4n) is 1.56. The van der Waals surface area contributed by atoms with E-state index in [1.165, 1.54) is 0 Å². The van der Waals surface area contributed by atoms with Gasteiger partial charge in [0, 0.05) is 19.2 Å². The minimum atomic E-state index is 0.600. The maximum atomic E-state index is 8.86. The van der Waals surface area contributed by atoms with Crippen molar-refractivity contribution in [2.24, 2.45) is 0 Å². The van der Waals surface area contributed by atoms with E-state index in [0.29, 0.717) is 18.7 Å². The van der Waals surface area contributed by atoms with Crippen LogP contribution in [0.3, 0.4) is 0 Å². The highest BCUT2D eigenvalue weighted by Crippen LogP contribution is 2.17. The molecule has 2 aromatic rings. The minimum Gasteiger partial charge on any atom is -0.383 e. The molecule has 0 spiro atoms. The molecular formula is C12H12N4O. The molecule has 0 fully saturated rings. The van der Waals surface area contributed by atoms with Crippen LogP contribution in [0.1, 0.15) is 5.56 Å². The van der Waals surface area contributed by atoms with Gasteiger partial charge in [0.05, 0.1) is 18.2 Å². The van der Waals surface area contributed by atoms with Gasteiger partial charge in [-0.25, -0.2) is 0 Å². The summed E-state index contributed by atoms with van der Waals surface area (Å²) in [4.78, 5) is 0. The molecule has 0 amide bonds. The molecule has 1 heterocycles. The van der Waals surface area contributed by atoms with Gasteiger partial charge >= 0.3 is 0 Å². The average molecular weight is 228 g/mol. The maximum absolute atomic E-state index is 8.86. The molecule has 0 saturated carbocycles. The van der Waals surface area contributed by atoms with Crippen LogP contribution in [-0.2, 0) is 11.3 Å². The van der Waals surface area contributed by atoms with E-state index in [9.17, 15) is 0 Å². The van der Waals surface area contributed by atoms with E-state index < -0.39 is 0 Å². The summed E-state index contributed by atoms with van der Waals surface area (Å²) in [5.41, 5.74) is 1.50. The van der Waals surface area contributed by atoms with Crippen LogP contribution in [-0.4, -0.2) is 28.5 Å². The molecule has 5 nitrogen and oxygen atoms in total. The van der Waals surface area contributed by atoms with E-state index in [2.05, 4.69) is 16.3 Å². The van der Waals surface area contributed by atoms with Gasteiger partial charge in [-0.2, -0.15) is 5.26 Å². The SMILES string of the molecule is COCCn1cnnc1-c1cccc(C#N)c1. The number of nitriles is 1. The van der Waals surface area contributed by atoms with E-state index in [1.807, 2.05) is 16.7 Å². The number of methoxy groups -OCH3 is 1. The molecule has 0 radical (unpaired) electrons. The molecule has 0 aliphatic rings. The lowest BCUT2D eigenvalue weighted by molar-refractivity contribution is 0.187. The van der Waals surface area contributed by atoms with Crippen molar-refractivity contribution in [1.29, 1.82) is 5.26 Å². The van der Waals surface area contributed by atoms with Crippen LogP contribution in [0.2, 0.25) is 0 Å². The number of hydrogen-bond acceptors (Lipinski definition) is 4. The number of ether oxygens (including phenoxy) is 1. The Labute approximate surface area is 99.3 Å². The standard InChI is InChI=1S/C12H12N4O/c1-17-6-5-16-9-14-15-12(16)11-4-2-3-10(7-11)8-13/h2-4,7,9H,5-6H2,1H3. The summed E-state index contributed by atoms with van der Waals surface area (Å²) in [6.45, 7) is 1.29. The van der Waals surface area contributed by atoms with Gasteiger partial charge in [-0.1, -0.05) is 12.1 Å². The van der Waals surface area contributed by atoms with Gasteiger partial charge in [-0.15, -0.1) is 10.2 Å². The lowest BCUT2D eigenvalue weighted by Gasteiger charge is -2.05. The van der Waals surface area contributed by atoms with Crippen molar-refractivity contribution in [3.63, 3.8) is 0 Å². The Hall–Kier alpha value is -2.19. The van der Waals surface area contributed by atoms with E-state index in [4.69, 9.17) is 10.00 Å². The molecule has 0 bridgehead atoms. The first-order valence-corrected chi connectivity index (χ1v) is 5.22. The van der Waals surface area contributed by atoms with Crippen LogP contribution in [0.5, 0.6) is 0 Å². The highest BCUT2D eigenvalue weighted by molar-refractivity contribution is 5.57. The molecule has 0 aliphatic heterocycles. The zero-order valence-electron chi connectivity index (χ0n) is 9.50. The highest BCUT2D eigenvalue weighted by Gasteiger charge is 2.07. The van der Waals surface area contributed by atoms with Crippen molar-refractivity contribution in [2.75, 3.05) is 13.7 Å². The summed E-state index contributed by atoms with van der Waals surface area (Å²) in [5, 5.41) is 16.8. The average Bonchev–Trinajstić information content (AvgIpc) is 2.84. The Kier molecular flexibility index (Phi) is 3.48. The van der Waals surface area contributed by atoms with Gasteiger partial charge < -0.3 is 9.30 Å². The second kappa shape index (κ2) is 5.23. The Morgan fingerprint density at radius 2 is 2.35 bits per heavy atom. The van der Waals surface area contributed by atoms with E-state index >= 15 is 0 Å². The van der Waals surface area contributed by atoms with Gasteiger partial charge in [-0.3, -0.25) is 0 Å². The summed E-state index contributed by atoms with van der Waals surface area (Å²) in [5.74, 6) is 0.749. The van der Waals surface area contributed by atoms with Crippen molar-refractivity contribution in [2.45, 2.75) is 6.54 Å². The number of benzene rings is 1.